The van der Waals surface area contributed by atoms with E-state index in [0.717, 1.165) is 12.8 Å². The van der Waals surface area contributed by atoms with E-state index in [0.29, 0.717) is 6.61 Å². The molecule has 0 spiro atoms. The zero-order valence-corrected chi connectivity index (χ0v) is 11.6. The van der Waals surface area contributed by atoms with Crippen LogP contribution in [0.5, 0.6) is 0 Å². The van der Waals surface area contributed by atoms with E-state index in [1.54, 1.807) is 6.92 Å². The lowest BCUT2D eigenvalue weighted by Gasteiger charge is -2.22. The lowest BCUT2D eigenvalue weighted by Crippen LogP contribution is -2.39. The van der Waals surface area contributed by atoms with Crippen LogP contribution in [0.1, 0.15) is 19.8 Å². The number of oxime groups is 1. The molecule has 2 atom stereocenters. The zero-order valence-electron chi connectivity index (χ0n) is 10.7. The van der Waals surface area contributed by atoms with Crippen molar-refractivity contribution in [2.24, 2.45) is 16.8 Å². The molecule has 0 radical (unpaired) electrons. The largest absolute Gasteiger partial charge is 0.409 e. The molecule has 1 aliphatic heterocycles. The first-order valence-corrected chi connectivity index (χ1v) is 7.50. The number of nitrogens with zero attached hydrogens (tertiary/aromatic N) is 2. The van der Waals surface area contributed by atoms with Crippen LogP contribution in [-0.2, 0) is 14.8 Å². The van der Waals surface area contributed by atoms with Gasteiger partial charge in [-0.05, 0) is 12.8 Å². The van der Waals surface area contributed by atoms with Gasteiger partial charge >= 0.3 is 0 Å². The van der Waals surface area contributed by atoms with Gasteiger partial charge in [-0.3, -0.25) is 0 Å². The molecule has 0 saturated carbocycles. The minimum Gasteiger partial charge on any atom is -0.409 e. The van der Waals surface area contributed by atoms with Crippen LogP contribution in [0.15, 0.2) is 5.16 Å². The van der Waals surface area contributed by atoms with Gasteiger partial charge in [0.05, 0.1) is 11.9 Å². The van der Waals surface area contributed by atoms with Gasteiger partial charge in [0.15, 0.2) is 0 Å². The Balaban J connectivity index is 2.55. The predicted molar refractivity (Wildman–Crippen MR) is 68.0 cm³/mol. The highest BCUT2D eigenvalue weighted by atomic mass is 32.2. The summed E-state index contributed by atoms with van der Waals surface area (Å²) in [6.45, 7) is 2.52. The lowest BCUT2D eigenvalue weighted by molar-refractivity contribution is 0.126. The van der Waals surface area contributed by atoms with Crippen molar-refractivity contribution in [1.82, 2.24) is 4.31 Å². The molecule has 2 unspecified atom stereocenters. The monoisotopic (exact) mass is 279 g/mol. The molecule has 0 aromatic heterocycles. The van der Waals surface area contributed by atoms with Crippen LogP contribution < -0.4 is 5.73 Å². The van der Waals surface area contributed by atoms with Crippen molar-refractivity contribution in [1.29, 1.82) is 0 Å². The standard InChI is InChI=1S/C10H21N3O4S/c1-8(10(11)12-14)6-13(2)18(15,16)7-9-4-3-5-17-9/h8-9,14H,3-7H2,1-2H3,(H2,11,12). The molecule has 1 saturated heterocycles. The van der Waals surface area contributed by atoms with E-state index in [4.69, 9.17) is 15.7 Å². The second-order valence-electron chi connectivity index (χ2n) is 4.62. The van der Waals surface area contributed by atoms with Crippen molar-refractivity contribution in [2.45, 2.75) is 25.9 Å². The third-order valence-electron chi connectivity index (χ3n) is 3.05. The van der Waals surface area contributed by atoms with Gasteiger partial charge in [-0.15, -0.1) is 0 Å². The maximum atomic E-state index is 12.0. The van der Waals surface area contributed by atoms with E-state index < -0.39 is 10.0 Å². The molecule has 1 rings (SSSR count). The molecule has 0 bridgehead atoms. The van der Waals surface area contributed by atoms with Gasteiger partial charge in [0.1, 0.15) is 5.84 Å². The van der Waals surface area contributed by atoms with Crippen LogP contribution in [0.25, 0.3) is 0 Å². The van der Waals surface area contributed by atoms with E-state index >= 15 is 0 Å². The summed E-state index contributed by atoms with van der Waals surface area (Å²) in [6.07, 6.45) is 1.48. The smallest absolute Gasteiger partial charge is 0.216 e. The van der Waals surface area contributed by atoms with E-state index in [1.165, 1.54) is 11.4 Å². The summed E-state index contributed by atoms with van der Waals surface area (Å²) < 4.78 is 30.6. The molecule has 0 aromatic carbocycles. The van der Waals surface area contributed by atoms with E-state index in [1.807, 2.05) is 0 Å². The molecule has 1 aliphatic rings. The van der Waals surface area contributed by atoms with Gasteiger partial charge in [-0.1, -0.05) is 12.1 Å². The van der Waals surface area contributed by atoms with Gasteiger partial charge in [0.25, 0.3) is 0 Å². The Hall–Kier alpha value is -0.860. The normalized spacial score (nSPS) is 23.5. The maximum Gasteiger partial charge on any atom is 0.216 e. The summed E-state index contributed by atoms with van der Waals surface area (Å²) in [5.41, 5.74) is 5.43. The number of amidine groups is 1. The lowest BCUT2D eigenvalue weighted by atomic mass is 10.2. The highest BCUT2D eigenvalue weighted by Crippen LogP contribution is 2.16. The van der Waals surface area contributed by atoms with Gasteiger partial charge in [0, 0.05) is 26.1 Å². The quantitative estimate of drug-likeness (QED) is 0.303. The molecule has 0 aliphatic carbocycles. The first-order chi connectivity index (χ1) is 8.36. The predicted octanol–water partition coefficient (Wildman–Crippen LogP) is -0.190. The average Bonchev–Trinajstić information content (AvgIpc) is 2.79. The number of ether oxygens (including phenoxy) is 1. The van der Waals surface area contributed by atoms with Crippen LogP contribution in [0.4, 0.5) is 0 Å². The van der Waals surface area contributed by atoms with Crippen molar-refractivity contribution >= 4 is 15.9 Å². The highest BCUT2D eigenvalue weighted by Gasteiger charge is 2.27. The number of rotatable bonds is 6. The SMILES string of the molecule is CC(CN(C)S(=O)(=O)CC1CCCO1)C(N)=NO. The van der Waals surface area contributed by atoms with Gasteiger partial charge in [-0.25, -0.2) is 12.7 Å². The third kappa shape index (κ3) is 4.11. The second kappa shape index (κ2) is 6.35. The number of hydrogen-bond acceptors (Lipinski definition) is 5. The van der Waals surface area contributed by atoms with Crippen molar-refractivity contribution in [3.8, 4) is 0 Å². The molecule has 106 valence electrons. The zero-order chi connectivity index (χ0) is 13.8. The molecule has 0 aromatic rings. The Kier molecular flexibility index (Phi) is 5.36. The fourth-order valence-electron chi connectivity index (χ4n) is 1.83. The minimum atomic E-state index is -3.36. The van der Waals surface area contributed by atoms with Crippen LogP contribution in [0.3, 0.4) is 0 Å². The van der Waals surface area contributed by atoms with Crippen molar-refractivity contribution in [3.05, 3.63) is 0 Å². The van der Waals surface area contributed by atoms with E-state index in [2.05, 4.69) is 5.16 Å². The van der Waals surface area contributed by atoms with Crippen LogP contribution in [0.2, 0.25) is 0 Å². The first kappa shape index (κ1) is 15.2. The van der Waals surface area contributed by atoms with Gasteiger partial charge < -0.3 is 15.7 Å². The summed E-state index contributed by atoms with van der Waals surface area (Å²) in [5.74, 6) is -0.319. The van der Waals surface area contributed by atoms with Crippen LogP contribution in [-0.4, -0.2) is 55.8 Å². The summed E-state index contributed by atoms with van der Waals surface area (Å²) in [7, 11) is -1.87. The molecular formula is C10H21N3O4S. The molecule has 0 amide bonds. The van der Waals surface area contributed by atoms with Gasteiger partial charge in [-0.2, -0.15) is 0 Å². The van der Waals surface area contributed by atoms with Crippen LogP contribution in [0, 0.1) is 5.92 Å². The second-order valence-corrected chi connectivity index (χ2v) is 6.74. The molecule has 8 heteroatoms. The summed E-state index contributed by atoms with van der Waals surface area (Å²) in [5, 5.41) is 11.4. The molecule has 18 heavy (non-hydrogen) atoms. The molecule has 1 fully saturated rings. The highest BCUT2D eigenvalue weighted by molar-refractivity contribution is 7.89. The Morgan fingerprint density at radius 2 is 2.33 bits per heavy atom. The van der Waals surface area contributed by atoms with Crippen molar-refractivity contribution in [2.75, 3.05) is 26.0 Å². The Labute approximate surface area is 108 Å². The number of nitrogens with two attached hydrogens (primary N) is 1. The summed E-state index contributed by atoms with van der Waals surface area (Å²) >= 11 is 0. The fraction of sp³-hybridized carbons (Fsp3) is 0.900. The number of hydrogen-bond donors (Lipinski definition) is 2. The molecule has 1 heterocycles. The topological polar surface area (TPSA) is 105 Å². The molecular weight excluding hydrogens is 258 g/mol. The minimum absolute atomic E-state index is 0.00755. The van der Waals surface area contributed by atoms with Crippen LogP contribution >= 0.6 is 0 Å². The van der Waals surface area contributed by atoms with Gasteiger partial charge in [0.2, 0.25) is 10.0 Å². The maximum absolute atomic E-state index is 12.0. The van der Waals surface area contributed by atoms with Crippen molar-refractivity contribution < 1.29 is 18.4 Å². The first-order valence-electron chi connectivity index (χ1n) is 5.90. The van der Waals surface area contributed by atoms with E-state index in [9.17, 15) is 8.42 Å². The van der Waals surface area contributed by atoms with Crippen molar-refractivity contribution in [3.63, 3.8) is 0 Å². The average molecular weight is 279 g/mol. The third-order valence-corrected chi connectivity index (χ3v) is 4.94. The number of sulfonamides is 1. The Bertz CT molecular complexity index is 390. The Morgan fingerprint density at radius 3 is 2.83 bits per heavy atom. The van der Waals surface area contributed by atoms with E-state index in [-0.39, 0.29) is 30.2 Å². The Morgan fingerprint density at radius 1 is 1.67 bits per heavy atom. The molecule has 7 nitrogen and oxygen atoms in total. The molecule has 3 N–H and O–H groups in total. The fourth-order valence-corrected chi connectivity index (χ4v) is 3.27. The summed E-state index contributed by atoms with van der Waals surface area (Å²) in [4.78, 5) is 0. The summed E-state index contributed by atoms with van der Waals surface area (Å²) in [6, 6.07) is 0.